The van der Waals surface area contributed by atoms with E-state index in [9.17, 15) is 0 Å². The van der Waals surface area contributed by atoms with Gasteiger partial charge >= 0.3 is 0 Å². The molecule has 1 fully saturated rings. The maximum absolute atomic E-state index is 5.41. The summed E-state index contributed by atoms with van der Waals surface area (Å²) < 4.78 is 16.1. The summed E-state index contributed by atoms with van der Waals surface area (Å²) in [4.78, 5) is 11.5. The molecule has 0 bridgehead atoms. The Balaban J connectivity index is 1.52. The Morgan fingerprint density at radius 2 is 2.00 bits per heavy atom. The molecule has 32 heavy (non-hydrogen) atoms. The highest BCUT2D eigenvalue weighted by molar-refractivity contribution is 5.80. The minimum absolute atomic E-state index is 0.277. The lowest BCUT2D eigenvalue weighted by Gasteiger charge is -2.21. The van der Waals surface area contributed by atoms with Crippen molar-refractivity contribution in [3.05, 3.63) is 29.9 Å². The van der Waals surface area contributed by atoms with Crippen molar-refractivity contribution in [3.63, 3.8) is 0 Å². The SMILES string of the molecule is CCNC(=NCCCc1nc(C(C)C)no1)NC1CCN(c2cc(OC)cc(OC)c2)C1. The molecule has 2 N–H and O–H groups in total. The summed E-state index contributed by atoms with van der Waals surface area (Å²) in [6, 6.07) is 6.30. The molecule has 1 saturated heterocycles. The monoisotopic (exact) mass is 444 g/mol. The van der Waals surface area contributed by atoms with E-state index in [2.05, 4.69) is 46.4 Å². The molecular formula is C23H36N6O3. The molecule has 3 rings (SSSR count). The van der Waals surface area contributed by atoms with E-state index in [4.69, 9.17) is 19.0 Å². The number of ether oxygens (including phenoxy) is 2. The number of nitrogens with one attached hydrogen (secondary N) is 2. The summed E-state index contributed by atoms with van der Waals surface area (Å²) in [7, 11) is 3.35. The minimum atomic E-state index is 0.277. The van der Waals surface area contributed by atoms with Crippen molar-refractivity contribution in [2.24, 2.45) is 4.99 Å². The number of benzene rings is 1. The molecule has 2 aromatic rings. The van der Waals surface area contributed by atoms with Crippen LogP contribution < -0.4 is 25.0 Å². The van der Waals surface area contributed by atoms with Gasteiger partial charge in [-0.1, -0.05) is 19.0 Å². The van der Waals surface area contributed by atoms with E-state index in [0.717, 1.165) is 67.9 Å². The molecule has 1 aromatic carbocycles. The van der Waals surface area contributed by atoms with Gasteiger partial charge in [0, 0.05) is 68.4 Å². The molecule has 0 radical (unpaired) electrons. The van der Waals surface area contributed by atoms with Crippen LogP contribution in [-0.4, -0.2) is 62.5 Å². The summed E-state index contributed by atoms with van der Waals surface area (Å²) in [5.41, 5.74) is 1.10. The van der Waals surface area contributed by atoms with Gasteiger partial charge < -0.3 is 29.5 Å². The van der Waals surface area contributed by atoms with Crippen molar-refractivity contribution in [1.29, 1.82) is 0 Å². The van der Waals surface area contributed by atoms with Gasteiger partial charge in [-0.2, -0.15) is 4.98 Å². The van der Waals surface area contributed by atoms with E-state index in [1.807, 2.05) is 18.2 Å². The number of aliphatic imine (C=N–C) groups is 1. The number of rotatable bonds is 10. The average molecular weight is 445 g/mol. The van der Waals surface area contributed by atoms with Crippen molar-refractivity contribution in [2.45, 2.75) is 52.0 Å². The second kappa shape index (κ2) is 11.6. The van der Waals surface area contributed by atoms with Crippen LogP contribution in [0.15, 0.2) is 27.7 Å². The highest BCUT2D eigenvalue weighted by Crippen LogP contribution is 2.30. The number of hydrogen-bond donors (Lipinski definition) is 2. The third-order valence-electron chi connectivity index (χ3n) is 5.39. The van der Waals surface area contributed by atoms with Crippen molar-refractivity contribution < 1.29 is 14.0 Å². The van der Waals surface area contributed by atoms with Crippen LogP contribution in [0.5, 0.6) is 11.5 Å². The van der Waals surface area contributed by atoms with Crippen molar-refractivity contribution in [3.8, 4) is 11.5 Å². The summed E-state index contributed by atoms with van der Waals surface area (Å²) in [5.74, 6) is 4.16. The largest absolute Gasteiger partial charge is 0.497 e. The summed E-state index contributed by atoms with van der Waals surface area (Å²) in [5, 5.41) is 10.9. The zero-order valence-corrected chi connectivity index (χ0v) is 19.9. The van der Waals surface area contributed by atoms with Crippen LogP contribution in [-0.2, 0) is 6.42 Å². The lowest BCUT2D eigenvalue weighted by Crippen LogP contribution is -2.44. The lowest BCUT2D eigenvalue weighted by molar-refractivity contribution is 0.369. The van der Waals surface area contributed by atoms with E-state index in [0.29, 0.717) is 18.5 Å². The molecule has 0 spiro atoms. The third-order valence-corrected chi connectivity index (χ3v) is 5.39. The van der Waals surface area contributed by atoms with E-state index in [-0.39, 0.29) is 5.92 Å². The topological polar surface area (TPSA) is 97.0 Å². The first-order valence-electron chi connectivity index (χ1n) is 11.4. The molecule has 1 aromatic heterocycles. The molecule has 2 heterocycles. The Morgan fingerprint density at radius 1 is 1.25 bits per heavy atom. The molecule has 1 unspecified atom stereocenters. The van der Waals surface area contributed by atoms with Gasteiger partial charge in [0.2, 0.25) is 5.89 Å². The maximum atomic E-state index is 5.41. The first-order chi connectivity index (χ1) is 15.5. The van der Waals surface area contributed by atoms with Gasteiger partial charge in [-0.3, -0.25) is 4.99 Å². The lowest BCUT2D eigenvalue weighted by atomic mass is 10.2. The van der Waals surface area contributed by atoms with Gasteiger partial charge in [0.05, 0.1) is 14.2 Å². The van der Waals surface area contributed by atoms with Gasteiger partial charge in [-0.15, -0.1) is 0 Å². The Kier molecular flexibility index (Phi) is 8.58. The van der Waals surface area contributed by atoms with Crippen LogP contribution in [0.4, 0.5) is 5.69 Å². The Bertz CT molecular complexity index is 860. The average Bonchev–Trinajstić information content (AvgIpc) is 3.46. The van der Waals surface area contributed by atoms with Crippen LogP contribution in [0.3, 0.4) is 0 Å². The summed E-state index contributed by atoms with van der Waals surface area (Å²) in [6.07, 6.45) is 2.62. The van der Waals surface area contributed by atoms with Gasteiger partial charge in [0.1, 0.15) is 11.5 Å². The molecule has 0 amide bonds. The van der Waals surface area contributed by atoms with Gasteiger partial charge in [0.25, 0.3) is 0 Å². The molecule has 9 heteroatoms. The van der Waals surface area contributed by atoms with E-state index < -0.39 is 0 Å². The molecule has 1 aliphatic heterocycles. The zero-order valence-electron chi connectivity index (χ0n) is 19.9. The Morgan fingerprint density at radius 3 is 2.62 bits per heavy atom. The first-order valence-corrected chi connectivity index (χ1v) is 11.4. The van der Waals surface area contributed by atoms with Crippen LogP contribution in [0, 0.1) is 0 Å². The van der Waals surface area contributed by atoms with Gasteiger partial charge in [-0.25, -0.2) is 0 Å². The van der Waals surface area contributed by atoms with Crippen molar-refractivity contribution in [1.82, 2.24) is 20.8 Å². The summed E-state index contributed by atoms with van der Waals surface area (Å²) in [6.45, 7) is 9.55. The number of nitrogens with zero attached hydrogens (tertiary/aromatic N) is 4. The quantitative estimate of drug-likeness (QED) is 0.328. The molecule has 1 atom stereocenters. The fourth-order valence-electron chi connectivity index (χ4n) is 3.63. The van der Waals surface area contributed by atoms with Gasteiger partial charge in [-0.05, 0) is 19.8 Å². The zero-order chi connectivity index (χ0) is 22.9. The Hall–Kier alpha value is -2.97. The van der Waals surface area contributed by atoms with Crippen LogP contribution in [0.2, 0.25) is 0 Å². The second-order valence-electron chi connectivity index (χ2n) is 8.21. The van der Waals surface area contributed by atoms with Crippen molar-refractivity contribution in [2.75, 3.05) is 45.3 Å². The fraction of sp³-hybridized carbons (Fsp3) is 0.609. The predicted octanol–water partition coefficient (Wildman–Crippen LogP) is 2.98. The molecule has 9 nitrogen and oxygen atoms in total. The summed E-state index contributed by atoms with van der Waals surface area (Å²) >= 11 is 0. The van der Waals surface area contributed by atoms with Crippen LogP contribution in [0.1, 0.15) is 51.2 Å². The third kappa shape index (κ3) is 6.51. The smallest absolute Gasteiger partial charge is 0.226 e. The maximum Gasteiger partial charge on any atom is 0.226 e. The number of hydrogen-bond acceptors (Lipinski definition) is 7. The highest BCUT2D eigenvalue weighted by Gasteiger charge is 2.24. The van der Waals surface area contributed by atoms with Crippen molar-refractivity contribution >= 4 is 11.6 Å². The number of anilines is 1. The van der Waals surface area contributed by atoms with Gasteiger partial charge in [0.15, 0.2) is 11.8 Å². The molecule has 176 valence electrons. The molecule has 0 saturated carbocycles. The van der Waals surface area contributed by atoms with Crippen LogP contribution >= 0.6 is 0 Å². The molecule has 0 aliphatic carbocycles. The van der Waals surface area contributed by atoms with E-state index in [1.54, 1.807) is 14.2 Å². The van der Waals surface area contributed by atoms with E-state index in [1.165, 1.54) is 0 Å². The second-order valence-corrected chi connectivity index (χ2v) is 8.21. The number of guanidine groups is 1. The Labute approximate surface area is 190 Å². The number of aromatic nitrogens is 2. The number of aryl methyl sites for hydroxylation is 1. The first kappa shape index (κ1) is 23.7. The van der Waals surface area contributed by atoms with E-state index >= 15 is 0 Å². The number of methoxy groups -OCH3 is 2. The molecule has 1 aliphatic rings. The predicted molar refractivity (Wildman–Crippen MR) is 126 cm³/mol. The fourth-order valence-corrected chi connectivity index (χ4v) is 3.63. The normalized spacial score (nSPS) is 16.5. The molecular weight excluding hydrogens is 408 g/mol. The standard InChI is InChI=1S/C23H36N6O3/c1-6-24-23(25-10-7-8-21-27-22(16(2)3)28-32-21)26-17-9-11-29(15-17)18-12-19(30-4)14-20(13-18)31-5/h12-14,16-17H,6-11,15H2,1-5H3,(H2,24,25,26). The van der Waals surface area contributed by atoms with Crippen LogP contribution in [0.25, 0.3) is 0 Å². The minimum Gasteiger partial charge on any atom is -0.497 e. The highest BCUT2D eigenvalue weighted by atomic mass is 16.5.